The number of carboxylic acid groups (broad SMARTS) is 1. The minimum absolute atomic E-state index is 0.0202. The molecule has 0 fully saturated rings. The van der Waals surface area contributed by atoms with Gasteiger partial charge in [0.15, 0.2) is 0 Å². The first kappa shape index (κ1) is 8.74. The zero-order valence-electron chi connectivity index (χ0n) is 7.36. The number of carbonyl (C=O) groups is 2. The van der Waals surface area contributed by atoms with Crippen molar-refractivity contribution < 1.29 is 14.7 Å². The lowest BCUT2D eigenvalue weighted by Gasteiger charge is -2.22. The first-order valence-electron chi connectivity index (χ1n) is 4.30. The predicted molar refractivity (Wildman–Crippen MR) is 50.1 cm³/mol. The maximum Gasteiger partial charge on any atom is 0.311 e. The number of aliphatic carboxylic acids is 1. The molecule has 0 radical (unpaired) electrons. The van der Waals surface area contributed by atoms with E-state index in [9.17, 15) is 9.59 Å². The van der Waals surface area contributed by atoms with Gasteiger partial charge in [-0.2, -0.15) is 0 Å². The van der Waals surface area contributed by atoms with Gasteiger partial charge in [-0.05, 0) is 11.6 Å². The molecule has 14 heavy (non-hydrogen) atoms. The summed E-state index contributed by atoms with van der Waals surface area (Å²) in [5.74, 6) is -1.90. The summed E-state index contributed by atoms with van der Waals surface area (Å²) in [5, 5.41) is 11.6. The van der Waals surface area contributed by atoms with Crippen LogP contribution in [0.2, 0.25) is 0 Å². The van der Waals surface area contributed by atoms with Gasteiger partial charge in [0.05, 0.1) is 5.92 Å². The van der Waals surface area contributed by atoms with Crippen LogP contribution < -0.4 is 5.32 Å². The SMILES string of the molecule is O=C1C[C@H](C(=O)O)c2ccccc2N1. The molecular weight excluding hydrogens is 182 g/mol. The van der Waals surface area contributed by atoms with Crippen molar-refractivity contribution in [3.8, 4) is 0 Å². The summed E-state index contributed by atoms with van der Waals surface area (Å²) in [4.78, 5) is 22.0. The van der Waals surface area contributed by atoms with Crippen molar-refractivity contribution in [1.82, 2.24) is 0 Å². The lowest BCUT2D eigenvalue weighted by molar-refractivity contribution is -0.140. The van der Waals surface area contributed by atoms with E-state index in [-0.39, 0.29) is 12.3 Å². The number of benzene rings is 1. The van der Waals surface area contributed by atoms with E-state index in [0.29, 0.717) is 11.3 Å². The number of fused-ring (bicyclic) bond motifs is 1. The Morgan fingerprint density at radius 1 is 1.43 bits per heavy atom. The van der Waals surface area contributed by atoms with Crippen LogP contribution in [0.4, 0.5) is 5.69 Å². The summed E-state index contributed by atoms with van der Waals surface area (Å²) in [5.41, 5.74) is 1.29. The van der Waals surface area contributed by atoms with Crippen LogP contribution in [0.25, 0.3) is 0 Å². The largest absolute Gasteiger partial charge is 0.481 e. The second kappa shape index (κ2) is 3.14. The molecule has 1 aromatic carbocycles. The molecule has 1 aliphatic rings. The van der Waals surface area contributed by atoms with E-state index in [1.165, 1.54) is 0 Å². The van der Waals surface area contributed by atoms with Crippen LogP contribution >= 0.6 is 0 Å². The van der Waals surface area contributed by atoms with Crippen molar-refractivity contribution in [2.75, 3.05) is 5.32 Å². The Labute approximate surface area is 80.6 Å². The van der Waals surface area contributed by atoms with Crippen molar-refractivity contribution in [2.45, 2.75) is 12.3 Å². The molecule has 0 aromatic heterocycles. The van der Waals surface area contributed by atoms with E-state index in [4.69, 9.17) is 5.11 Å². The molecule has 4 nitrogen and oxygen atoms in total. The minimum Gasteiger partial charge on any atom is -0.481 e. The van der Waals surface area contributed by atoms with Gasteiger partial charge in [-0.1, -0.05) is 18.2 Å². The number of carboxylic acids is 1. The highest BCUT2D eigenvalue weighted by Gasteiger charge is 2.29. The van der Waals surface area contributed by atoms with Crippen LogP contribution in [0.15, 0.2) is 24.3 Å². The molecule has 1 heterocycles. The molecule has 0 aliphatic carbocycles. The van der Waals surface area contributed by atoms with Crippen molar-refractivity contribution in [3.05, 3.63) is 29.8 Å². The number of hydrogen-bond donors (Lipinski definition) is 2. The molecule has 4 heteroatoms. The van der Waals surface area contributed by atoms with Gasteiger partial charge in [-0.15, -0.1) is 0 Å². The van der Waals surface area contributed by atoms with Crippen LogP contribution in [0.3, 0.4) is 0 Å². The van der Waals surface area contributed by atoms with Gasteiger partial charge in [0.1, 0.15) is 0 Å². The second-order valence-electron chi connectivity index (χ2n) is 3.23. The fourth-order valence-electron chi connectivity index (χ4n) is 1.63. The Morgan fingerprint density at radius 3 is 2.86 bits per heavy atom. The molecule has 2 N–H and O–H groups in total. The average Bonchev–Trinajstić information content (AvgIpc) is 2.16. The van der Waals surface area contributed by atoms with E-state index >= 15 is 0 Å². The minimum atomic E-state index is -0.952. The van der Waals surface area contributed by atoms with Gasteiger partial charge in [0, 0.05) is 12.1 Å². The summed E-state index contributed by atoms with van der Waals surface area (Å²) in [7, 11) is 0. The van der Waals surface area contributed by atoms with Crippen LogP contribution in [0.5, 0.6) is 0 Å². The molecule has 1 amide bonds. The highest BCUT2D eigenvalue weighted by atomic mass is 16.4. The van der Waals surface area contributed by atoms with E-state index in [1.807, 2.05) is 0 Å². The standard InChI is InChI=1S/C10H9NO3/c12-9-5-7(10(13)14)6-3-1-2-4-8(6)11-9/h1-4,7H,5H2,(H,11,12)(H,13,14)/t7-/m0/s1. The van der Waals surface area contributed by atoms with Gasteiger partial charge in [0.25, 0.3) is 0 Å². The van der Waals surface area contributed by atoms with Crippen molar-refractivity contribution in [2.24, 2.45) is 0 Å². The summed E-state index contributed by atoms with van der Waals surface area (Å²) < 4.78 is 0. The fraction of sp³-hybridized carbons (Fsp3) is 0.200. The highest BCUT2D eigenvalue weighted by molar-refractivity contribution is 5.99. The lowest BCUT2D eigenvalue weighted by atomic mass is 9.91. The summed E-state index contributed by atoms with van der Waals surface area (Å²) >= 11 is 0. The Balaban J connectivity index is 2.48. The molecule has 1 aliphatic heterocycles. The maximum atomic E-state index is 11.2. The zero-order chi connectivity index (χ0) is 10.1. The van der Waals surface area contributed by atoms with E-state index in [0.717, 1.165) is 0 Å². The number of nitrogens with one attached hydrogen (secondary N) is 1. The number of hydrogen-bond acceptors (Lipinski definition) is 2. The quantitative estimate of drug-likeness (QED) is 0.700. The van der Waals surface area contributed by atoms with Gasteiger partial charge in [-0.3, -0.25) is 9.59 Å². The smallest absolute Gasteiger partial charge is 0.311 e. The van der Waals surface area contributed by atoms with Gasteiger partial charge >= 0.3 is 5.97 Å². The molecular formula is C10H9NO3. The Bertz CT molecular complexity index is 400. The van der Waals surface area contributed by atoms with E-state index in [1.54, 1.807) is 24.3 Å². The predicted octanol–water partition coefficient (Wildman–Crippen LogP) is 1.20. The molecule has 1 aromatic rings. The van der Waals surface area contributed by atoms with Gasteiger partial charge < -0.3 is 10.4 Å². The maximum absolute atomic E-state index is 11.2. The molecule has 0 saturated heterocycles. The molecule has 0 saturated carbocycles. The summed E-state index contributed by atoms with van der Waals surface area (Å²) in [6.07, 6.45) is 0.0202. The Kier molecular flexibility index (Phi) is 1.96. The van der Waals surface area contributed by atoms with Crippen molar-refractivity contribution in [3.63, 3.8) is 0 Å². The summed E-state index contributed by atoms with van der Waals surface area (Å²) in [6.45, 7) is 0. The molecule has 0 unspecified atom stereocenters. The van der Waals surface area contributed by atoms with E-state index in [2.05, 4.69) is 5.32 Å². The van der Waals surface area contributed by atoms with E-state index < -0.39 is 11.9 Å². The lowest BCUT2D eigenvalue weighted by Crippen LogP contribution is -2.27. The van der Waals surface area contributed by atoms with Crippen molar-refractivity contribution >= 4 is 17.6 Å². The summed E-state index contributed by atoms with van der Waals surface area (Å²) in [6, 6.07) is 6.98. The molecule has 0 bridgehead atoms. The van der Waals surface area contributed by atoms with Crippen LogP contribution in [-0.4, -0.2) is 17.0 Å². The molecule has 1 atom stereocenters. The third-order valence-corrected chi connectivity index (χ3v) is 2.30. The number of para-hydroxylation sites is 1. The fourth-order valence-corrected chi connectivity index (χ4v) is 1.63. The first-order valence-corrected chi connectivity index (χ1v) is 4.30. The Morgan fingerprint density at radius 2 is 2.14 bits per heavy atom. The van der Waals surface area contributed by atoms with Crippen molar-refractivity contribution in [1.29, 1.82) is 0 Å². The monoisotopic (exact) mass is 191 g/mol. The molecule has 72 valence electrons. The number of rotatable bonds is 1. The Hall–Kier alpha value is -1.84. The van der Waals surface area contributed by atoms with Crippen LogP contribution in [-0.2, 0) is 9.59 Å². The molecule has 0 spiro atoms. The number of anilines is 1. The normalized spacial score (nSPS) is 19.7. The second-order valence-corrected chi connectivity index (χ2v) is 3.23. The third-order valence-electron chi connectivity index (χ3n) is 2.30. The molecule has 2 rings (SSSR count). The number of carbonyl (C=O) groups excluding carboxylic acids is 1. The topological polar surface area (TPSA) is 66.4 Å². The zero-order valence-corrected chi connectivity index (χ0v) is 7.36. The third kappa shape index (κ3) is 1.35. The number of amides is 1. The average molecular weight is 191 g/mol. The highest BCUT2D eigenvalue weighted by Crippen LogP contribution is 2.31. The van der Waals surface area contributed by atoms with Gasteiger partial charge in [-0.25, -0.2) is 0 Å². The van der Waals surface area contributed by atoms with Gasteiger partial charge in [0.2, 0.25) is 5.91 Å². The van der Waals surface area contributed by atoms with Crippen LogP contribution in [0, 0.1) is 0 Å². The van der Waals surface area contributed by atoms with Crippen LogP contribution in [0.1, 0.15) is 17.9 Å². The first-order chi connectivity index (χ1) is 6.68.